The number of hydrogen-bond donors (Lipinski definition) is 1. The molecule has 2 fully saturated rings. The van der Waals surface area contributed by atoms with Crippen molar-refractivity contribution in [1.82, 2.24) is 19.9 Å². The number of aromatic nitrogens is 3. The Kier molecular flexibility index (Phi) is 5.87. The molecule has 10 heteroatoms. The summed E-state index contributed by atoms with van der Waals surface area (Å²) in [4.78, 5) is 22.9. The van der Waals surface area contributed by atoms with Crippen LogP contribution in [0.3, 0.4) is 0 Å². The molecular weight excluding hydrogens is 444 g/mol. The van der Waals surface area contributed by atoms with Crippen LogP contribution in [0.4, 0.5) is 23.1 Å². The highest BCUT2D eigenvalue weighted by Gasteiger charge is 2.25. The average molecular weight is 475 g/mol. The second kappa shape index (κ2) is 9.46. The Labute approximate surface area is 204 Å². The van der Waals surface area contributed by atoms with Gasteiger partial charge in [-0.15, -0.1) is 0 Å². The number of nitrogen functional groups attached to an aromatic ring is 1. The van der Waals surface area contributed by atoms with E-state index >= 15 is 0 Å². The SMILES string of the molecule is Nc1c(N2CCN(Cc3ccc4c(c3)OCO4)CC2)ncnc1N1CCN(c2ccccn2)CC1. The van der Waals surface area contributed by atoms with Gasteiger partial charge in [-0.2, -0.15) is 0 Å². The van der Waals surface area contributed by atoms with Gasteiger partial charge in [-0.25, -0.2) is 15.0 Å². The van der Waals surface area contributed by atoms with Crippen molar-refractivity contribution in [2.75, 3.05) is 79.6 Å². The molecule has 3 aromatic rings. The zero-order valence-corrected chi connectivity index (χ0v) is 19.7. The third kappa shape index (κ3) is 4.49. The number of rotatable bonds is 5. The molecule has 0 atom stereocenters. The molecule has 6 rings (SSSR count). The van der Waals surface area contributed by atoms with Crippen LogP contribution in [0.2, 0.25) is 0 Å². The second-order valence-corrected chi connectivity index (χ2v) is 9.05. The van der Waals surface area contributed by atoms with E-state index in [1.54, 1.807) is 6.33 Å². The van der Waals surface area contributed by atoms with Crippen molar-refractivity contribution in [2.45, 2.75) is 6.54 Å². The Morgan fingerprint density at radius 1 is 0.743 bits per heavy atom. The summed E-state index contributed by atoms with van der Waals surface area (Å²) in [6.45, 7) is 8.28. The topological polar surface area (TPSA) is 96.1 Å². The maximum absolute atomic E-state index is 6.63. The van der Waals surface area contributed by atoms with Crippen molar-refractivity contribution in [3.63, 3.8) is 0 Å². The minimum absolute atomic E-state index is 0.305. The van der Waals surface area contributed by atoms with Gasteiger partial charge in [-0.05, 0) is 29.8 Å². The summed E-state index contributed by atoms with van der Waals surface area (Å²) in [6, 6.07) is 12.2. The monoisotopic (exact) mass is 474 g/mol. The van der Waals surface area contributed by atoms with Crippen LogP contribution in [0.5, 0.6) is 11.5 Å². The number of nitrogens with two attached hydrogens (primary N) is 1. The van der Waals surface area contributed by atoms with E-state index in [2.05, 4.69) is 52.8 Å². The molecule has 1 aromatic carbocycles. The lowest BCUT2D eigenvalue weighted by Gasteiger charge is -2.38. The summed E-state index contributed by atoms with van der Waals surface area (Å²) in [5, 5.41) is 0. The fourth-order valence-corrected chi connectivity index (χ4v) is 4.98. The van der Waals surface area contributed by atoms with Crippen molar-refractivity contribution in [1.29, 1.82) is 0 Å². The van der Waals surface area contributed by atoms with E-state index < -0.39 is 0 Å². The molecule has 0 radical (unpaired) electrons. The maximum Gasteiger partial charge on any atom is 0.231 e. The molecular formula is C25H30N8O2. The van der Waals surface area contributed by atoms with Crippen LogP contribution in [0.15, 0.2) is 48.9 Å². The Hall–Kier alpha value is -3.79. The number of nitrogens with zero attached hydrogens (tertiary/aromatic N) is 7. The van der Waals surface area contributed by atoms with Crippen LogP contribution in [0.25, 0.3) is 0 Å². The highest BCUT2D eigenvalue weighted by molar-refractivity contribution is 5.76. The number of piperazine rings is 2. The molecule has 0 spiro atoms. The van der Waals surface area contributed by atoms with Gasteiger partial charge < -0.3 is 29.9 Å². The normalized spacial score (nSPS) is 18.2. The molecule has 0 amide bonds. The van der Waals surface area contributed by atoms with Gasteiger partial charge in [-0.3, -0.25) is 4.90 Å². The van der Waals surface area contributed by atoms with Gasteiger partial charge in [0, 0.05) is 65.1 Å². The van der Waals surface area contributed by atoms with E-state index in [4.69, 9.17) is 15.2 Å². The van der Waals surface area contributed by atoms with Crippen LogP contribution in [-0.4, -0.2) is 79.0 Å². The van der Waals surface area contributed by atoms with Crippen LogP contribution >= 0.6 is 0 Å². The molecule has 0 unspecified atom stereocenters. The zero-order chi connectivity index (χ0) is 23.6. The number of fused-ring (bicyclic) bond motifs is 1. The lowest BCUT2D eigenvalue weighted by molar-refractivity contribution is 0.174. The van der Waals surface area contributed by atoms with E-state index in [1.165, 1.54) is 5.56 Å². The van der Waals surface area contributed by atoms with Gasteiger partial charge in [0.05, 0.1) is 0 Å². The third-order valence-electron chi connectivity index (χ3n) is 6.91. The minimum Gasteiger partial charge on any atom is -0.454 e. The summed E-state index contributed by atoms with van der Waals surface area (Å²) >= 11 is 0. The van der Waals surface area contributed by atoms with Crippen molar-refractivity contribution < 1.29 is 9.47 Å². The summed E-state index contributed by atoms with van der Waals surface area (Å²) in [6.07, 6.45) is 3.48. The van der Waals surface area contributed by atoms with Crippen LogP contribution in [-0.2, 0) is 6.54 Å². The predicted molar refractivity (Wildman–Crippen MR) is 135 cm³/mol. The fourth-order valence-electron chi connectivity index (χ4n) is 4.98. The molecule has 0 bridgehead atoms. The van der Waals surface area contributed by atoms with E-state index in [-0.39, 0.29) is 0 Å². The quantitative estimate of drug-likeness (QED) is 0.590. The van der Waals surface area contributed by atoms with E-state index in [0.29, 0.717) is 12.5 Å². The molecule has 2 saturated heterocycles. The molecule has 2 aromatic heterocycles. The van der Waals surface area contributed by atoms with Crippen LogP contribution in [0.1, 0.15) is 5.56 Å². The zero-order valence-electron chi connectivity index (χ0n) is 19.7. The number of hydrogen-bond acceptors (Lipinski definition) is 10. The Morgan fingerprint density at radius 3 is 2.14 bits per heavy atom. The van der Waals surface area contributed by atoms with Crippen molar-refractivity contribution in [3.05, 3.63) is 54.5 Å². The van der Waals surface area contributed by atoms with Gasteiger partial charge in [0.25, 0.3) is 0 Å². The standard InChI is InChI=1S/C25H30N8O2/c26-23-24(28-17-29-25(23)33-13-11-31(12-14-33)22-3-1-2-6-27-22)32-9-7-30(8-10-32)16-19-4-5-20-21(15-19)35-18-34-20/h1-6,15,17H,7-14,16,18,26H2. The maximum atomic E-state index is 6.63. The van der Waals surface area contributed by atoms with Gasteiger partial charge in [0.15, 0.2) is 23.1 Å². The Bertz CT molecular complexity index is 1160. The molecule has 10 nitrogen and oxygen atoms in total. The molecule has 182 valence electrons. The second-order valence-electron chi connectivity index (χ2n) is 9.05. The first-order chi connectivity index (χ1) is 17.2. The first-order valence-electron chi connectivity index (χ1n) is 12.1. The first-order valence-corrected chi connectivity index (χ1v) is 12.1. The summed E-state index contributed by atoms with van der Waals surface area (Å²) < 4.78 is 10.9. The number of ether oxygens (including phenoxy) is 2. The Balaban J connectivity index is 1.07. The average Bonchev–Trinajstić information content (AvgIpc) is 3.38. The highest BCUT2D eigenvalue weighted by Crippen LogP contribution is 2.33. The molecule has 0 aliphatic carbocycles. The lowest BCUT2D eigenvalue weighted by atomic mass is 10.1. The largest absolute Gasteiger partial charge is 0.454 e. The van der Waals surface area contributed by atoms with Gasteiger partial charge in [0.1, 0.15) is 17.8 Å². The third-order valence-corrected chi connectivity index (χ3v) is 6.91. The van der Waals surface area contributed by atoms with Crippen LogP contribution < -0.4 is 29.9 Å². The molecule has 3 aliphatic heterocycles. The molecule has 5 heterocycles. The lowest BCUT2D eigenvalue weighted by Crippen LogP contribution is -2.48. The summed E-state index contributed by atoms with van der Waals surface area (Å²) in [7, 11) is 0. The fraction of sp³-hybridized carbons (Fsp3) is 0.400. The first kappa shape index (κ1) is 21.7. The predicted octanol–water partition coefficient (Wildman–Crippen LogP) is 1.83. The Morgan fingerprint density at radius 2 is 1.43 bits per heavy atom. The summed E-state index contributed by atoms with van der Waals surface area (Å²) in [5.41, 5.74) is 8.53. The minimum atomic E-state index is 0.305. The number of anilines is 4. The van der Waals surface area contributed by atoms with Crippen molar-refractivity contribution in [2.24, 2.45) is 0 Å². The number of benzene rings is 1. The van der Waals surface area contributed by atoms with E-state index in [9.17, 15) is 0 Å². The van der Waals surface area contributed by atoms with Gasteiger partial charge in [-0.1, -0.05) is 12.1 Å². The smallest absolute Gasteiger partial charge is 0.231 e. The van der Waals surface area contributed by atoms with Crippen molar-refractivity contribution >= 4 is 23.1 Å². The summed E-state index contributed by atoms with van der Waals surface area (Å²) in [5.74, 6) is 4.35. The van der Waals surface area contributed by atoms with E-state index in [1.807, 2.05) is 24.4 Å². The molecule has 35 heavy (non-hydrogen) atoms. The number of pyridine rings is 1. The highest BCUT2D eigenvalue weighted by atomic mass is 16.7. The van der Waals surface area contributed by atoms with Crippen molar-refractivity contribution in [3.8, 4) is 11.5 Å². The molecule has 0 saturated carbocycles. The van der Waals surface area contributed by atoms with Crippen LogP contribution in [0, 0.1) is 0 Å². The van der Waals surface area contributed by atoms with Gasteiger partial charge in [0.2, 0.25) is 6.79 Å². The molecule has 2 N–H and O–H groups in total. The van der Waals surface area contributed by atoms with E-state index in [0.717, 1.165) is 87.9 Å². The van der Waals surface area contributed by atoms with Gasteiger partial charge >= 0.3 is 0 Å². The molecule has 3 aliphatic rings.